The molecule has 0 bridgehead atoms. The number of ether oxygens (including phenoxy) is 1. The first-order valence-electron chi connectivity index (χ1n) is 6.99. The van der Waals surface area contributed by atoms with Crippen molar-refractivity contribution in [1.82, 2.24) is 14.8 Å². The van der Waals surface area contributed by atoms with Crippen LogP contribution in [0.15, 0.2) is 29.4 Å². The zero-order valence-corrected chi connectivity index (χ0v) is 13.8. The number of carbonyl (C=O) groups is 1. The summed E-state index contributed by atoms with van der Waals surface area (Å²) in [4.78, 5) is 10.8. The Balaban J connectivity index is 1.95. The van der Waals surface area contributed by atoms with Gasteiger partial charge in [-0.25, -0.2) is 0 Å². The molecule has 0 fully saturated rings. The zero-order valence-electron chi connectivity index (χ0n) is 12.9. The van der Waals surface area contributed by atoms with Crippen molar-refractivity contribution < 1.29 is 9.53 Å². The lowest BCUT2D eigenvalue weighted by Gasteiger charge is -2.09. The number of hydrogen-bond donors (Lipinski definition) is 1. The molecule has 6 nitrogen and oxygen atoms in total. The molecule has 0 radical (unpaired) electrons. The molecule has 0 saturated heterocycles. The van der Waals surface area contributed by atoms with Crippen LogP contribution in [-0.2, 0) is 18.4 Å². The number of amides is 1. The summed E-state index contributed by atoms with van der Waals surface area (Å²) in [5, 5.41) is 8.74. The number of thioether (sulfide) groups is 1. The summed E-state index contributed by atoms with van der Waals surface area (Å²) in [6.45, 7) is 4.63. The quantitative estimate of drug-likeness (QED) is 0.790. The van der Waals surface area contributed by atoms with E-state index in [1.54, 1.807) is 4.57 Å². The van der Waals surface area contributed by atoms with Crippen LogP contribution in [0.5, 0.6) is 5.75 Å². The first kappa shape index (κ1) is 16.4. The van der Waals surface area contributed by atoms with Crippen LogP contribution >= 0.6 is 11.8 Å². The molecule has 0 aliphatic carbocycles. The SMILES string of the molecule is CC(C)c1ccc(OCc2nnc(SCC(N)=O)n2C)cc1. The fourth-order valence-corrected chi connectivity index (χ4v) is 2.50. The normalized spacial score (nSPS) is 10.9. The molecule has 0 spiro atoms. The highest BCUT2D eigenvalue weighted by Gasteiger charge is 2.11. The van der Waals surface area contributed by atoms with E-state index in [2.05, 4.69) is 36.2 Å². The highest BCUT2D eigenvalue weighted by Crippen LogP contribution is 2.20. The van der Waals surface area contributed by atoms with Crippen molar-refractivity contribution in [3.05, 3.63) is 35.7 Å². The van der Waals surface area contributed by atoms with Crippen LogP contribution in [-0.4, -0.2) is 26.4 Å². The Morgan fingerprint density at radius 3 is 2.59 bits per heavy atom. The molecule has 1 aromatic carbocycles. The number of primary amides is 1. The van der Waals surface area contributed by atoms with Crippen LogP contribution in [0.25, 0.3) is 0 Å². The third-order valence-corrected chi connectivity index (χ3v) is 4.23. The fourth-order valence-electron chi connectivity index (χ4n) is 1.83. The van der Waals surface area contributed by atoms with E-state index in [9.17, 15) is 4.79 Å². The van der Waals surface area contributed by atoms with Crippen molar-refractivity contribution in [3.8, 4) is 5.75 Å². The van der Waals surface area contributed by atoms with E-state index in [1.807, 2.05) is 19.2 Å². The van der Waals surface area contributed by atoms with Gasteiger partial charge in [-0.05, 0) is 23.6 Å². The smallest absolute Gasteiger partial charge is 0.227 e. The number of benzene rings is 1. The zero-order chi connectivity index (χ0) is 16.1. The minimum absolute atomic E-state index is 0.184. The molecule has 7 heteroatoms. The highest BCUT2D eigenvalue weighted by molar-refractivity contribution is 7.99. The monoisotopic (exact) mass is 320 g/mol. The van der Waals surface area contributed by atoms with Crippen molar-refractivity contribution in [2.75, 3.05) is 5.75 Å². The summed E-state index contributed by atoms with van der Waals surface area (Å²) in [5.41, 5.74) is 6.40. The second-order valence-electron chi connectivity index (χ2n) is 5.23. The molecule has 22 heavy (non-hydrogen) atoms. The lowest BCUT2D eigenvalue weighted by Crippen LogP contribution is -2.13. The van der Waals surface area contributed by atoms with Crippen LogP contribution < -0.4 is 10.5 Å². The van der Waals surface area contributed by atoms with Gasteiger partial charge in [0.05, 0.1) is 5.75 Å². The van der Waals surface area contributed by atoms with Gasteiger partial charge in [-0.1, -0.05) is 37.7 Å². The van der Waals surface area contributed by atoms with Crippen molar-refractivity contribution in [1.29, 1.82) is 0 Å². The first-order valence-corrected chi connectivity index (χ1v) is 7.98. The van der Waals surface area contributed by atoms with Gasteiger partial charge in [0.25, 0.3) is 0 Å². The summed E-state index contributed by atoms with van der Waals surface area (Å²) in [5.74, 6) is 1.79. The lowest BCUT2D eigenvalue weighted by atomic mass is 10.0. The Morgan fingerprint density at radius 2 is 2.00 bits per heavy atom. The van der Waals surface area contributed by atoms with Gasteiger partial charge in [0.1, 0.15) is 12.4 Å². The van der Waals surface area contributed by atoms with E-state index < -0.39 is 0 Å². The molecule has 0 saturated carbocycles. The number of nitrogens with zero attached hydrogens (tertiary/aromatic N) is 3. The molecule has 118 valence electrons. The van der Waals surface area contributed by atoms with E-state index in [4.69, 9.17) is 10.5 Å². The van der Waals surface area contributed by atoms with E-state index in [0.717, 1.165) is 5.75 Å². The van der Waals surface area contributed by atoms with Gasteiger partial charge in [0.15, 0.2) is 11.0 Å². The average molecular weight is 320 g/mol. The molecule has 2 aromatic rings. The summed E-state index contributed by atoms with van der Waals surface area (Å²) in [6, 6.07) is 8.03. The molecular weight excluding hydrogens is 300 g/mol. The number of carbonyl (C=O) groups excluding carboxylic acids is 1. The van der Waals surface area contributed by atoms with E-state index in [-0.39, 0.29) is 11.7 Å². The van der Waals surface area contributed by atoms with Crippen LogP contribution in [0.1, 0.15) is 31.2 Å². The van der Waals surface area contributed by atoms with Gasteiger partial charge in [0.2, 0.25) is 5.91 Å². The molecule has 0 unspecified atom stereocenters. The Bertz CT molecular complexity index is 637. The van der Waals surface area contributed by atoms with Gasteiger partial charge in [-0.15, -0.1) is 10.2 Å². The maximum absolute atomic E-state index is 10.8. The van der Waals surface area contributed by atoms with Crippen molar-refractivity contribution in [3.63, 3.8) is 0 Å². The van der Waals surface area contributed by atoms with Crippen molar-refractivity contribution >= 4 is 17.7 Å². The molecule has 1 aromatic heterocycles. The maximum Gasteiger partial charge on any atom is 0.227 e. The predicted molar refractivity (Wildman–Crippen MR) is 85.8 cm³/mol. The minimum atomic E-state index is -0.379. The largest absolute Gasteiger partial charge is 0.486 e. The van der Waals surface area contributed by atoms with E-state index in [0.29, 0.717) is 23.5 Å². The fraction of sp³-hybridized carbons (Fsp3) is 0.400. The third-order valence-electron chi connectivity index (χ3n) is 3.18. The van der Waals surface area contributed by atoms with Gasteiger partial charge in [-0.3, -0.25) is 4.79 Å². The van der Waals surface area contributed by atoms with Gasteiger partial charge in [-0.2, -0.15) is 0 Å². The lowest BCUT2D eigenvalue weighted by molar-refractivity contribution is -0.115. The molecular formula is C15H20N4O2S. The topological polar surface area (TPSA) is 83.0 Å². The molecule has 0 aliphatic rings. The van der Waals surface area contributed by atoms with Gasteiger partial charge < -0.3 is 15.0 Å². The van der Waals surface area contributed by atoms with Gasteiger partial charge >= 0.3 is 0 Å². The summed E-state index contributed by atoms with van der Waals surface area (Å²) in [7, 11) is 1.84. The molecule has 0 aliphatic heterocycles. The Kier molecular flexibility index (Phi) is 5.43. The van der Waals surface area contributed by atoms with Crippen molar-refractivity contribution in [2.45, 2.75) is 31.5 Å². The number of aromatic nitrogens is 3. The van der Waals surface area contributed by atoms with Crippen LogP contribution in [0.2, 0.25) is 0 Å². The number of rotatable bonds is 7. The van der Waals surface area contributed by atoms with Crippen LogP contribution in [0.3, 0.4) is 0 Å². The van der Waals surface area contributed by atoms with Gasteiger partial charge in [0, 0.05) is 7.05 Å². The molecule has 1 amide bonds. The molecule has 0 atom stereocenters. The maximum atomic E-state index is 10.8. The second-order valence-corrected chi connectivity index (χ2v) is 6.17. The first-order chi connectivity index (χ1) is 10.5. The van der Waals surface area contributed by atoms with E-state index >= 15 is 0 Å². The standard InChI is InChI=1S/C15H20N4O2S/c1-10(2)11-4-6-12(7-5-11)21-8-14-17-18-15(19(14)3)22-9-13(16)20/h4-7,10H,8-9H2,1-3H3,(H2,16,20). The second kappa shape index (κ2) is 7.31. The molecule has 1 heterocycles. The average Bonchev–Trinajstić information content (AvgIpc) is 2.84. The molecule has 2 N–H and O–H groups in total. The third kappa shape index (κ3) is 4.24. The number of hydrogen-bond acceptors (Lipinski definition) is 5. The Hall–Kier alpha value is -2.02. The summed E-state index contributed by atoms with van der Waals surface area (Å²) >= 11 is 1.26. The van der Waals surface area contributed by atoms with Crippen LogP contribution in [0.4, 0.5) is 0 Å². The minimum Gasteiger partial charge on any atom is -0.486 e. The predicted octanol–water partition coefficient (Wildman–Crippen LogP) is 2.09. The Labute approximate surface area is 134 Å². The summed E-state index contributed by atoms with van der Waals surface area (Å²) < 4.78 is 7.52. The molecule has 2 rings (SSSR count). The Morgan fingerprint density at radius 1 is 1.32 bits per heavy atom. The summed E-state index contributed by atoms with van der Waals surface area (Å²) in [6.07, 6.45) is 0. The van der Waals surface area contributed by atoms with Crippen LogP contribution in [0, 0.1) is 0 Å². The van der Waals surface area contributed by atoms with E-state index in [1.165, 1.54) is 17.3 Å². The number of nitrogens with two attached hydrogens (primary N) is 1. The highest BCUT2D eigenvalue weighted by atomic mass is 32.2. The van der Waals surface area contributed by atoms with Crippen molar-refractivity contribution in [2.24, 2.45) is 12.8 Å².